The minimum Gasteiger partial charge on any atom is -0.360 e. The summed E-state index contributed by atoms with van der Waals surface area (Å²) in [4.78, 5) is 25.6. The monoisotopic (exact) mass is 354 g/mol. The zero-order valence-corrected chi connectivity index (χ0v) is 15.6. The molecular formula is C19H22N4O3. The Morgan fingerprint density at radius 3 is 2.69 bits per heavy atom. The van der Waals surface area contributed by atoms with Gasteiger partial charge in [0.2, 0.25) is 5.91 Å². The van der Waals surface area contributed by atoms with Crippen molar-refractivity contribution in [3.8, 4) is 0 Å². The van der Waals surface area contributed by atoms with Crippen molar-refractivity contribution < 1.29 is 9.32 Å². The number of amides is 1. The predicted molar refractivity (Wildman–Crippen MR) is 99.4 cm³/mol. The van der Waals surface area contributed by atoms with Gasteiger partial charge in [-0.3, -0.25) is 9.59 Å². The zero-order valence-electron chi connectivity index (χ0n) is 15.6. The van der Waals surface area contributed by atoms with Gasteiger partial charge in [0.1, 0.15) is 11.8 Å². The van der Waals surface area contributed by atoms with Crippen LogP contribution in [0, 0.1) is 27.7 Å². The molecule has 3 rings (SSSR count). The Morgan fingerprint density at radius 1 is 1.27 bits per heavy atom. The van der Waals surface area contributed by atoms with Crippen molar-refractivity contribution in [1.82, 2.24) is 14.9 Å². The van der Waals surface area contributed by atoms with E-state index in [0.717, 1.165) is 16.8 Å². The minimum absolute atomic E-state index is 0.202. The molecule has 0 saturated heterocycles. The van der Waals surface area contributed by atoms with Crippen LogP contribution in [-0.2, 0) is 4.79 Å². The maximum Gasteiger partial charge on any atom is 0.297 e. The number of anilines is 1. The van der Waals surface area contributed by atoms with Crippen LogP contribution in [0.2, 0.25) is 0 Å². The Morgan fingerprint density at radius 2 is 2.00 bits per heavy atom. The Kier molecular flexibility index (Phi) is 4.63. The molecule has 0 spiro atoms. The maximum atomic E-state index is 12.9. The van der Waals surface area contributed by atoms with Gasteiger partial charge < -0.3 is 9.84 Å². The fourth-order valence-corrected chi connectivity index (χ4v) is 3.08. The molecule has 0 aliphatic rings. The Labute approximate surface area is 151 Å². The van der Waals surface area contributed by atoms with Gasteiger partial charge in [0.15, 0.2) is 5.52 Å². The van der Waals surface area contributed by atoms with Crippen molar-refractivity contribution in [3.05, 3.63) is 51.1 Å². The van der Waals surface area contributed by atoms with Crippen LogP contribution in [0.5, 0.6) is 0 Å². The predicted octanol–water partition coefficient (Wildman–Crippen LogP) is 3.21. The lowest BCUT2D eigenvalue weighted by Gasteiger charge is -2.18. The molecule has 1 aromatic carbocycles. The highest BCUT2D eigenvalue weighted by Gasteiger charge is 2.25. The highest BCUT2D eigenvalue weighted by Crippen LogP contribution is 2.21. The summed E-state index contributed by atoms with van der Waals surface area (Å²) in [5.41, 5.74) is 3.12. The van der Waals surface area contributed by atoms with Crippen molar-refractivity contribution in [3.63, 3.8) is 0 Å². The fourth-order valence-electron chi connectivity index (χ4n) is 3.08. The first-order chi connectivity index (χ1) is 12.3. The second-order valence-electron chi connectivity index (χ2n) is 6.53. The number of rotatable bonds is 4. The Balaban J connectivity index is 2.02. The number of fused-ring (bicyclic) bond motifs is 1. The molecule has 0 aliphatic heterocycles. The highest BCUT2D eigenvalue weighted by molar-refractivity contribution is 5.94. The van der Waals surface area contributed by atoms with E-state index in [0.29, 0.717) is 23.3 Å². The molecule has 0 radical (unpaired) electrons. The third kappa shape index (κ3) is 3.00. The number of benzene rings is 1. The number of nitrogens with zero attached hydrogens (tertiary/aromatic N) is 3. The van der Waals surface area contributed by atoms with Crippen LogP contribution in [0.1, 0.15) is 42.0 Å². The summed E-state index contributed by atoms with van der Waals surface area (Å²) in [6.07, 6.45) is 0.422. The van der Waals surface area contributed by atoms with Crippen LogP contribution in [0.15, 0.2) is 27.5 Å². The smallest absolute Gasteiger partial charge is 0.297 e. The summed E-state index contributed by atoms with van der Waals surface area (Å²) in [6, 6.07) is 5.11. The molecule has 1 atom stereocenters. The van der Waals surface area contributed by atoms with Crippen LogP contribution in [0.25, 0.3) is 10.9 Å². The second-order valence-corrected chi connectivity index (χ2v) is 6.53. The number of hydrogen-bond acceptors (Lipinski definition) is 5. The average Bonchev–Trinajstić information content (AvgIpc) is 2.98. The molecule has 2 heterocycles. The lowest BCUT2D eigenvalue weighted by Crippen LogP contribution is -2.35. The number of carbonyl (C=O) groups is 1. The number of aryl methyl sites for hydroxylation is 4. The van der Waals surface area contributed by atoms with Crippen LogP contribution < -0.4 is 10.9 Å². The van der Waals surface area contributed by atoms with Crippen molar-refractivity contribution in [1.29, 1.82) is 0 Å². The lowest BCUT2D eigenvalue weighted by molar-refractivity contribution is -0.119. The Hall–Kier alpha value is -2.96. The van der Waals surface area contributed by atoms with E-state index < -0.39 is 11.6 Å². The normalized spacial score (nSPS) is 12.3. The molecule has 0 saturated carbocycles. The van der Waals surface area contributed by atoms with E-state index in [2.05, 4.69) is 15.6 Å². The van der Waals surface area contributed by atoms with Crippen LogP contribution in [0.4, 0.5) is 5.69 Å². The van der Waals surface area contributed by atoms with Gasteiger partial charge in [-0.1, -0.05) is 24.2 Å². The molecule has 0 unspecified atom stereocenters. The van der Waals surface area contributed by atoms with Crippen LogP contribution >= 0.6 is 0 Å². The van der Waals surface area contributed by atoms with E-state index in [1.807, 2.05) is 39.0 Å². The second kappa shape index (κ2) is 6.74. The molecule has 7 heteroatoms. The van der Waals surface area contributed by atoms with E-state index >= 15 is 0 Å². The molecule has 136 valence electrons. The summed E-state index contributed by atoms with van der Waals surface area (Å²) >= 11 is 0. The largest absolute Gasteiger partial charge is 0.360 e. The zero-order chi connectivity index (χ0) is 19.0. The third-order valence-corrected chi connectivity index (χ3v) is 4.53. The van der Waals surface area contributed by atoms with E-state index in [1.165, 1.54) is 4.68 Å². The first-order valence-corrected chi connectivity index (χ1v) is 8.57. The van der Waals surface area contributed by atoms with Gasteiger partial charge in [-0.25, -0.2) is 4.68 Å². The van der Waals surface area contributed by atoms with E-state index in [1.54, 1.807) is 13.8 Å². The highest BCUT2D eigenvalue weighted by atomic mass is 16.5. The van der Waals surface area contributed by atoms with Gasteiger partial charge in [-0.2, -0.15) is 5.10 Å². The van der Waals surface area contributed by atoms with E-state index in [-0.39, 0.29) is 11.4 Å². The molecule has 2 aromatic heterocycles. The van der Waals surface area contributed by atoms with Gasteiger partial charge in [-0.05, 0) is 51.3 Å². The first kappa shape index (κ1) is 17.8. The van der Waals surface area contributed by atoms with Gasteiger partial charge in [-0.15, -0.1) is 0 Å². The van der Waals surface area contributed by atoms with Gasteiger partial charge >= 0.3 is 0 Å². The summed E-state index contributed by atoms with van der Waals surface area (Å²) in [5, 5.41) is 11.7. The molecule has 0 bridgehead atoms. The van der Waals surface area contributed by atoms with Crippen LogP contribution in [0.3, 0.4) is 0 Å². The average molecular weight is 354 g/mol. The maximum absolute atomic E-state index is 12.9. The third-order valence-electron chi connectivity index (χ3n) is 4.53. The van der Waals surface area contributed by atoms with Gasteiger partial charge in [0.25, 0.3) is 5.56 Å². The van der Waals surface area contributed by atoms with Gasteiger partial charge in [0.05, 0.1) is 11.1 Å². The molecule has 1 N–H and O–H groups in total. The summed E-state index contributed by atoms with van der Waals surface area (Å²) in [7, 11) is 0. The topological polar surface area (TPSA) is 90.0 Å². The van der Waals surface area contributed by atoms with Crippen molar-refractivity contribution in [2.24, 2.45) is 0 Å². The minimum atomic E-state index is -0.734. The van der Waals surface area contributed by atoms with Crippen LogP contribution in [-0.4, -0.2) is 20.8 Å². The number of nitrogens with one attached hydrogen (secondary N) is 1. The molecule has 1 amide bonds. The molecule has 3 aromatic rings. The number of carbonyl (C=O) groups excluding carboxylic acids is 1. The molecule has 0 fully saturated rings. The van der Waals surface area contributed by atoms with Crippen molar-refractivity contribution in [2.45, 2.75) is 47.1 Å². The molecule has 0 aliphatic carbocycles. The first-order valence-electron chi connectivity index (χ1n) is 8.57. The standard InChI is InChI=1S/C19H22N4O3/c1-6-15(18(24)20-14-9-10(2)7-8-11(14)3)23-19(25)17-16(12(4)21-23)13(5)26-22-17/h7-9,15H,6H2,1-5H3,(H,20,24)/t15-/m0/s1. The van der Waals surface area contributed by atoms with Crippen molar-refractivity contribution in [2.75, 3.05) is 5.32 Å². The molecular weight excluding hydrogens is 332 g/mol. The fraction of sp³-hybridized carbons (Fsp3) is 0.368. The SMILES string of the molecule is CC[C@@H](C(=O)Nc1cc(C)ccc1C)n1nc(C)c2c(C)onc2c1=O. The summed E-state index contributed by atoms with van der Waals surface area (Å²) < 4.78 is 6.33. The number of aromatic nitrogens is 3. The molecule has 7 nitrogen and oxygen atoms in total. The molecule has 26 heavy (non-hydrogen) atoms. The Bertz CT molecular complexity index is 1050. The van der Waals surface area contributed by atoms with Crippen molar-refractivity contribution >= 4 is 22.5 Å². The quantitative estimate of drug-likeness (QED) is 0.777. The number of hydrogen-bond donors (Lipinski definition) is 1. The van der Waals surface area contributed by atoms with E-state index in [4.69, 9.17) is 4.52 Å². The van der Waals surface area contributed by atoms with Gasteiger partial charge in [0, 0.05) is 5.69 Å². The summed E-state index contributed by atoms with van der Waals surface area (Å²) in [5.74, 6) is 0.261. The van der Waals surface area contributed by atoms with E-state index in [9.17, 15) is 9.59 Å². The summed E-state index contributed by atoms with van der Waals surface area (Å²) in [6.45, 7) is 9.24. The lowest BCUT2D eigenvalue weighted by atomic mass is 10.1.